The second-order valence-corrected chi connectivity index (χ2v) is 6.88. The molecule has 2 aliphatic rings. The van der Waals surface area contributed by atoms with Gasteiger partial charge in [0.15, 0.2) is 5.82 Å². The first kappa shape index (κ1) is 19.6. The summed E-state index contributed by atoms with van der Waals surface area (Å²) >= 11 is 0. The van der Waals surface area contributed by atoms with Gasteiger partial charge in [-0.3, -0.25) is 19.7 Å². The van der Waals surface area contributed by atoms with Crippen molar-refractivity contribution in [3.63, 3.8) is 0 Å². The van der Waals surface area contributed by atoms with Crippen molar-refractivity contribution < 1.29 is 28.6 Å². The fraction of sp³-hybridized carbons (Fsp3) is 0.350. The number of carbonyl (C=O) groups is 3. The van der Waals surface area contributed by atoms with Crippen LogP contribution in [0.25, 0.3) is 0 Å². The van der Waals surface area contributed by atoms with Gasteiger partial charge in [-0.15, -0.1) is 0 Å². The summed E-state index contributed by atoms with van der Waals surface area (Å²) in [5, 5.41) is 2.29. The van der Waals surface area contributed by atoms with Gasteiger partial charge in [0.25, 0.3) is 5.91 Å². The molecule has 2 aromatic rings. The van der Waals surface area contributed by atoms with Gasteiger partial charge in [-0.2, -0.15) is 9.97 Å². The minimum absolute atomic E-state index is 0.0805. The highest BCUT2D eigenvalue weighted by atomic mass is 16.5. The van der Waals surface area contributed by atoms with E-state index in [9.17, 15) is 14.4 Å². The molecule has 1 aromatic heterocycles. The second-order valence-electron chi connectivity index (χ2n) is 6.88. The van der Waals surface area contributed by atoms with Gasteiger partial charge in [-0.25, -0.2) is 0 Å². The van der Waals surface area contributed by atoms with Crippen LogP contribution in [0.5, 0.6) is 17.5 Å². The van der Waals surface area contributed by atoms with E-state index in [-0.39, 0.29) is 31.4 Å². The quantitative estimate of drug-likeness (QED) is 0.693. The molecule has 10 nitrogen and oxygen atoms in total. The predicted molar refractivity (Wildman–Crippen MR) is 102 cm³/mol. The van der Waals surface area contributed by atoms with Crippen LogP contribution in [-0.4, -0.2) is 52.9 Å². The fourth-order valence-corrected chi connectivity index (χ4v) is 3.51. The van der Waals surface area contributed by atoms with Gasteiger partial charge in [-0.1, -0.05) is 0 Å². The van der Waals surface area contributed by atoms with Crippen molar-refractivity contribution in [1.29, 1.82) is 0 Å². The Hall–Kier alpha value is -3.69. The lowest BCUT2D eigenvalue weighted by Gasteiger charge is -2.29. The van der Waals surface area contributed by atoms with Gasteiger partial charge < -0.3 is 19.1 Å². The van der Waals surface area contributed by atoms with Gasteiger partial charge in [-0.05, 0) is 30.2 Å². The molecule has 1 aromatic carbocycles. The van der Waals surface area contributed by atoms with Crippen LogP contribution >= 0.6 is 0 Å². The molecule has 4 rings (SSSR count). The van der Waals surface area contributed by atoms with Crippen molar-refractivity contribution in [3.05, 3.63) is 41.2 Å². The average Bonchev–Trinajstić information content (AvgIpc) is 3.07. The molecule has 10 heteroatoms. The maximum atomic E-state index is 12.7. The number of nitrogens with one attached hydrogen (secondary N) is 1. The number of hydrogen-bond acceptors (Lipinski definition) is 8. The number of ether oxygens (including phenoxy) is 3. The molecule has 0 saturated carbocycles. The van der Waals surface area contributed by atoms with E-state index in [1.54, 1.807) is 24.3 Å². The lowest BCUT2D eigenvalue weighted by molar-refractivity contribution is -0.136. The SMILES string of the molecule is COc1cc(OC)nc(COc2ccc3c(c2)CN(C2CCC(=O)NC2=O)C3=O)n1. The van der Waals surface area contributed by atoms with Crippen LogP contribution in [0.15, 0.2) is 24.3 Å². The Labute approximate surface area is 172 Å². The van der Waals surface area contributed by atoms with Crippen molar-refractivity contribution in [2.75, 3.05) is 14.2 Å². The zero-order valence-electron chi connectivity index (χ0n) is 16.5. The van der Waals surface area contributed by atoms with Crippen molar-refractivity contribution in [2.45, 2.75) is 32.0 Å². The number of piperidine rings is 1. The molecule has 156 valence electrons. The Morgan fingerprint density at radius 1 is 1.10 bits per heavy atom. The molecule has 2 aliphatic heterocycles. The van der Waals surface area contributed by atoms with Crippen LogP contribution in [0.1, 0.15) is 34.6 Å². The number of imide groups is 1. The van der Waals surface area contributed by atoms with E-state index in [1.165, 1.54) is 19.1 Å². The summed E-state index contributed by atoms with van der Waals surface area (Å²) in [4.78, 5) is 46.2. The average molecular weight is 412 g/mol. The normalized spacial score (nSPS) is 18.1. The van der Waals surface area contributed by atoms with E-state index < -0.39 is 11.9 Å². The maximum absolute atomic E-state index is 12.7. The van der Waals surface area contributed by atoms with Crippen molar-refractivity contribution in [3.8, 4) is 17.5 Å². The van der Waals surface area contributed by atoms with Crippen LogP contribution < -0.4 is 19.5 Å². The first-order valence-corrected chi connectivity index (χ1v) is 9.35. The molecule has 0 bridgehead atoms. The van der Waals surface area contributed by atoms with Crippen molar-refractivity contribution >= 4 is 17.7 Å². The number of hydrogen-bond donors (Lipinski definition) is 1. The van der Waals surface area contributed by atoms with Crippen LogP contribution in [-0.2, 0) is 22.7 Å². The first-order valence-electron chi connectivity index (χ1n) is 9.35. The predicted octanol–water partition coefficient (Wildman–Crippen LogP) is 0.834. The molecular weight excluding hydrogens is 392 g/mol. The van der Waals surface area contributed by atoms with Crippen LogP contribution in [0.2, 0.25) is 0 Å². The van der Waals surface area contributed by atoms with E-state index in [2.05, 4.69) is 15.3 Å². The summed E-state index contributed by atoms with van der Waals surface area (Å²) in [5.74, 6) is 0.664. The van der Waals surface area contributed by atoms with E-state index >= 15 is 0 Å². The van der Waals surface area contributed by atoms with Gasteiger partial charge in [0.05, 0.1) is 20.3 Å². The van der Waals surface area contributed by atoms with Gasteiger partial charge in [0, 0.05) is 18.5 Å². The Bertz CT molecular complexity index is 1000. The summed E-state index contributed by atoms with van der Waals surface area (Å²) in [7, 11) is 3.00. The highest BCUT2D eigenvalue weighted by Gasteiger charge is 2.39. The lowest BCUT2D eigenvalue weighted by Crippen LogP contribution is -2.52. The third-order valence-electron chi connectivity index (χ3n) is 5.01. The van der Waals surface area contributed by atoms with Crippen LogP contribution in [0.3, 0.4) is 0 Å². The molecule has 1 fully saturated rings. The molecule has 0 spiro atoms. The number of amides is 3. The highest BCUT2D eigenvalue weighted by molar-refractivity contribution is 6.05. The Kier molecular flexibility index (Phi) is 5.21. The minimum Gasteiger partial charge on any atom is -0.486 e. The highest BCUT2D eigenvalue weighted by Crippen LogP contribution is 2.30. The van der Waals surface area contributed by atoms with Crippen LogP contribution in [0.4, 0.5) is 0 Å². The third-order valence-corrected chi connectivity index (χ3v) is 5.01. The summed E-state index contributed by atoms with van der Waals surface area (Å²) in [5.41, 5.74) is 1.28. The Morgan fingerprint density at radius 2 is 1.83 bits per heavy atom. The van der Waals surface area contributed by atoms with Gasteiger partial charge in [0.1, 0.15) is 18.4 Å². The van der Waals surface area contributed by atoms with E-state index in [4.69, 9.17) is 14.2 Å². The first-order chi connectivity index (χ1) is 14.5. The Balaban J connectivity index is 1.47. The summed E-state index contributed by atoms with van der Waals surface area (Å²) in [6.07, 6.45) is 0.539. The summed E-state index contributed by atoms with van der Waals surface area (Å²) < 4.78 is 16.0. The molecule has 30 heavy (non-hydrogen) atoms. The lowest BCUT2D eigenvalue weighted by atomic mass is 10.0. The number of nitrogens with zero attached hydrogens (tertiary/aromatic N) is 3. The molecule has 3 heterocycles. The van der Waals surface area contributed by atoms with E-state index in [0.717, 1.165) is 5.56 Å². The second kappa shape index (κ2) is 7.97. The molecule has 0 aliphatic carbocycles. The van der Waals surface area contributed by atoms with E-state index in [1.807, 2.05) is 0 Å². The topological polar surface area (TPSA) is 120 Å². The third kappa shape index (κ3) is 3.76. The summed E-state index contributed by atoms with van der Waals surface area (Å²) in [6.45, 7) is 0.359. The number of aromatic nitrogens is 2. The van der Waals surface area contributed by atoms with Crippen molar-refractivity contribution in [2.24, 2.45) is 0 Å². The number of benzene rings is 1. The molecule has 3 amide bonds. The number of rotatable bonds is 6. The van der Waals surface area contributed by atoms with Gasteiger partial charge >= 0.3 is 0 Å². The largest absolute Gasteiger partial charge is 0.486 e. The number of carbonyl (C=O) groups excluding carboxylic acids is 3. The Morgan fingerprint density at radius 3 is 2.50 bits per heavy atom. The minimum atomic E-state index is -0.649. The molecule has 1 saturated heterocycles. The molecule has 1 unspecified atom stereocenters. The maximum Gasteiger partial charge on any atom is 0.255 e. The zero-order valence-corrected chi connectivity index (χ0v) is 16.5. The molecular formula is C20H20N4O6. The summed E-state index contributed by atoms with van der Waals surface area (Å²) in [6, 6.07) is 6.03. The number of fused-ring (bicyclic) bond motifs is 1. The monoisotopic (exact) mass is 412 g/mol. The number of methoxy groups -OCH3 is 2. The molecule has 1 atom stereocenters. The van der Waals surface area contributed by atoms with E-state index in [0.29, 0.717) is 35.3 Å². The smallest absolute Gasteiger partial charge is 0.255 e. The fourth-order valence-electron chi connectivity index (χ4n) is 3.51. The zero-order chi connectivity index (χ0) is 21.3. The van der Waals surface area contributed by atoms with Gasteiger partial charge in [0.2, 0.25) is 23.6 Å². The molecule has 0 radical (unpaired) electrons. The standard InChI is InChI=1S/C20H20N4O6/c1-28-17-8-18(29-2)22-15(21-17)10-30-12-3-4-13-11(7-12)9-24(20(13)27)14-5-6-16(25)23-19(14)26/h3-4,7-8,14H,5-6,9-10H2,1-2H3,(H,23,25,26). The van der Waals surface area contributed by atoms with Crippen molar-refractivity contribution in [1.82, 2.24) is 20.2 Å². The van der Waals surface area contributed by atoms with Crippen LogP contribution in [0, 0.1) is 0 Å². The molecule has 1 N–H and O–H groups in total.